The molecule has 7 heteroatoms. The zero-order valence-corrected chi connectivity index (χ0v) is 14.7. The van der Waals surface area contributed by atoms with E-state index in [0.29, 0.717) is 10.2 Å². The Kier molecular flexibility index (Phi) is 5.57. The topological polar surface area (TPSA) is 70.9 Å². The number of nitrogens with one attached hydrogen (secondary N) is 1. The van der Waals surface area contributed by atoms with Crippen molar-refractivity contribution < 1.29 is 14.6 Å². The second-order valence-corrected chi connectivity index (χ2v) is 6.02. The minimum absolute atomic E-state index is 0.108. The number of carbonyl (C=O) groups is 1. The van der Waals surface area contributed by atoms with Crippen LogP contribution in [-0.2, 0) is 0 Å². The largest absolute Gasteiger partial charge is 0.507 e. The number of ether oxygens (including phenoxy) is 1. The van der Waals surface area contributed by atoms with Crippen molar-refractivity contribution in [2.45, 2.75) is 0 Å². The van der Waals surface area contributed by atoms with Gasteiger partial charge in [-0.1, -0.05) is 15.9 Å². The summed E-state index contributed by atoms with van der Waals surface area (Å²) in [5.41, 5.74) is 3.29. The molecule has 0 bridgehead atoms. The number of hydrogen-bond donors (Lipinski definition) is 2. The van der Waals surface area contributed by atoms with E-state index in [-0.39, 0.29) is 11.3 Å². The predicted molar refractivity (Wildman–Crippen MR) is 91.6 cm³/mol. The van der Waals surface area contributed by atoms with Gasteiger partial charge in [-0.15, -0.1) is 0 Å². The summed E-state index contributed by atoms with van der Waals surface area (Å²) in [6.07, 6.45) is 1.50. The molecular weight excluding hydrogens is 416 g/mol. The number of hydrazone groups is 1. The van der Waals surface area contributed by atoms with Crippen LogP contribution in [0.25, 0.3) is 0 Å². The van der Waals surface area contributed by atoms with Gasteiger partial charge in [0.25, 0.3) is 5.91 Å². The Balaban J connectivity index is 2.07. The number of phenols is 1. The molecule has 2 aromatic rings. The molecule has 2 aromatic carbocycles. The van der Waals surface area contributed by atoms with E-state index in [1.165, 1.54) is 18.3 Å². The molecule has 0 fully saturated rings. The number of methoxy groups -OCH3 is 1. The van der Waals surface area contributed by atoms with Crippen molar-refractivity contribution in [1.82, 2.24) is 5.43 Å². The SMILES string of the molecule is COc1ccc(/C=N/NC(=O)c2cc(Br)ccc2O)cc1Br. The molecular formula is C15H12Br2N2O3. The van der Waals surface area contributed by atoms with Crippen LogP contribution in [0.3, 0.4) is 0 Å². The molecule has 0 aromatic heterocycles. The van der Waals surface area contributed by atoms with Gasteiger partial charge in [-0.05, 0) is 57.9 Å². The smallest absolute Gasteiger partial charge is 0.275 e. The summed E-state index contributed by atoms with van der Waals surface area (Å²) >= 11 is 6.61. The average Bonchev–Trinajstić information content (AvgIpc) is 2.49. The van der Waals surface area contributed by atoms with Gasteiger partial charge in [-0.2, -0.15) is 5.10 Å². The van der Waals surface area contributed by atoms with Crippen molar-refractivity contribution in [2.75, 3.05) is 7.11 Å². The van der Waals surface area contributed by atoms with Crippen LogP contribution < -0.4 is 10.2 Å². The zero-order valence-electron chi connectivity index (χ0n) is 11.5. The van der Waals surface area contributed by atoms with Gasteiger partial charge in [0.05, 0.1) is 23.4 Å². The third kappa shape index (κ3) is 4.08. The number of rotatable bonds is 4. The first kappa shape index (κ1) is 16.5. The monoisotopic (exact) mass is 426 g/mol. The lowest BCUT2D eigenvalue weighted by molar-refractivity contribution is 0.0952. The number of halogens is 2. The highest BCUT2D eigenvalue weighted by Gasteiger charge is 2.10. The number of carbonyl (C=O) groups excluding carboxylic acids is 1. The average molecular weight is 428 g/mol. The van der Waals surface area contributed by atoms with Crippen molar-refractivity contribution in [1.29, 1.82) is 0 Å². The van der Waals surface area contributed by atoms with E-state index < -0.39 is 5.91 Å². The van der Waals surface area contributed by atoms with Gasteiger partial charge in [0.15, 0.2) is 0 Å². The molecule has 0 aliphatic heterocycles. The van der Waals surface area contributed by atoms with E-state index in [4.69, 9.17) is 4.74 Å². The highest BCUT2D eigenvalue weighted by atomic mass is 79.9. The van der Waals surface area contributed by atoms with Crippen LogP contribution >= 0.6 is 31.9 Å². The molecule has 0 atom stereocenters. The van der Waals surface area contributed by atoms with Crippen molar-refractivity contribution in [3.05, 3.63) is 56.5 Å². The number of aromatic hydroxyl groups is 1. The maximum Gasteiger partial charge on any atom is 0.275 e. The Morgan fingerprint density at radius 2 is 2.05 bits per heavy atom. The van der Waals surface area contributed by atoms with Crippen LogP contribution in [0.4, 0.5) is 0 Å². The van der Waals surface area contributed by atoms with E-state index in [2.05, 4.69) is 42.4 Å². The number of nitrogens with zero attached hydrogens (tertiary/aromatic N) is 1. The molecule has 5 nitrogen and oxygen atoms in total. The van der Waals surface area contributed by atoms with E-state index in [0.717, 1.165) is 10.0 Å². The molecule has 0 radical (unpaired) electrons. The molecule has 114 valence electrons. The first-order valence-corrected chi connectivity index (χ1v) is 7.75. The molecule has 0 aliphatic carbocycles. The molecule has 2 rings (SSSR count). The van der Waals surface area contributed by atoms with Crippen molar-refractivity contribution in [3.63, 3.8) is 0 Å². The van der Waals surface area contributed by atoms with Crippen LogP contribution in [0.5, 0.6) is 11.5 Å². The highest BCUT2D eigenvalue weighted by Crippen LogP contribution is 2.25. The zero-order chi connectivity index (χ0) is 16.1. The fraction of sp³-hybridized carbons (Fsp3) is 0.0667. The lowest BCUT2D eigenvalue weighted by atomic mass is 10.2. The summed E-state index contributed by atoms with van der Waals surface area (Å²) in [6.45, 7) is 0. The summed E-state index contributed by atoms with van der Waals surface area (Å²) < 4.78 is 6.61. The summed E-state index contributed by atoms with van der Waals surface area (Å²) in [5, 5.41) is 13.5. The Labute approximate surface area is 144 Å². The number of hydrogen-bond acceptors (Lipinski definition) is 4. The molecule has 2 N–H and O–H groups in total. The van der Waals surface area contributed by atoms with Crippen molar-refractivity contribution >= 4 is 44.0 Å². The summed E-state index contributed by atoms with van der Waals surface area (Å²) in [7, 11) is 1.58. The van der Waals surface area contributed by atoms with E-state index in [9.17, 15) is 9.90 Å². The fourth-order valence-corrected chi connectivity index (χ4v) is 2.60. The second kappa shape index (κ2) is 7.42. The first-order chi connectivity index (χ1) is 10.5. The molecule has 0 spiro atoms. The first-order valence-electron chi connectivity index (χ1n) is 6.16. The lowest BCUT2D eigenvalue weighted by Crippen LogP contribution is -2.17. The van der Waals surface area contributed by atoms with E-state index in [1.54, 1.807) is 25.3 Å². The number of benzene rings is 2. The molecule has 0 saturated heterocycles. The van der Waals surface area contributed by atoms with Crippen LogP contribution in [0.1, 0.15) is 15.9 Å². The van der Waals surface area contributed by atoms with Crippen molar-refractivity contribution in [2.24, 2.45) is 5.10 Å². The quantitative estimate of drug-likeness (QED) is 0.577. The van der Waals surface area contributed by atoms with E-state index >= 15 is 0 Å². The van der Waals surface area contributed by atoms with Crippen LogP contribution in [-0.4, -0.2) is 24.3 Å². The Morgan fingerprint density at radius 1 is 1.27 bits per heavy atom. The maximum absolute atomic E-state index is 11.9. The summed E-state index contributed by atoms with van der Waals surface area (Å²) in [5.74, 6) is 0.103. The van der Waals surface area contributed by atoms with Gasteiger partial charge in [0.1, 0.15) is 11.5 Å². The van der Waals surface area contributed by atoms with Gasteiger partial charge >= 0.3 is 0 Å². The van der Waals surface area contributed by atoms with Gasteiger partial charge in [0, 0.05) is 4.47 Å². The van der Waals surface area contributed by atoms with Crippen LogP contribution in [0.15, 0.2) is 50.4 Å². The fourth-order valence-electron chi connectivity index (χ4n) is 1.68. The standard InChI is InChI=1S/C15H12Br2N2O3/c1-22-14-5-2-9(6-12(14)17)8-18-19-15(21)11-7-10(16)3-4-13(11)20/h2-8,20H,1H3,(H,19,21)/b18-8+. The molecule has 0 saturated carbocycles. The lowest BCUT2D eigenvalue weighted by Gasteiger charge is -2.04. The Bertz CT molecular complexity index is 733. The molecule has 0 heterocycles. The summed E-state index contributed by atoms with van der Waals surface area (Å²) in [6, 6.07) is 9.99. The summed E-state index contributed by atoms with van der Waals surface area (Å²) in [4.78, 5) is 11.9. The van der Waals surface area contributed by atoms with Gasteiger partial charge < -0.3 is 9.84 Å². The van der Waals surface area contributed by atoms with E-state index in [1.807, 2.05) is 6.07 Å². The maximum atomic E-state index is 11.9. The minimum Gasteiger partial charge on any atom is -0.507 e. The molecule has 0 aliphatic rings. The van der Waals surface area contributed by atoms with Gasteiger partial charge in [-0.3, -0.25) is 4.79 Å². The molecule has 1 amide bonds. The Hall–Kier alpha value is -1.86. The van der Waals surface area contributed by atoms with Gasteiger partial charge in [0.2, 0.25) is 0 Å². The molecule has 22 heavy (non-hydrogen) atoms. The normalized spacial score (nSPS) is 10.7. The molecule has 0 unspecified atom stereocenters. The third-order valence-corrected chi connectivity index (χ3v) is 3.87. The van der Waals surface area contributed by atoms with Crippen molar-refractivity contribution in [3.8, 4) is 11.5 Å². The number of amides is 1. The van der Waals surface area contributed by atoms with Crippen LogP contribution in [0, 0.1) is 0 Å². The number of phenolic OH excluding ortho intramolecular Hbond substituents is 1. The predicted octanol–water partition coefficient (Wildman–Crippen LogP) is 3.69. The van der Waals surface area contributed by atoms with Gasteiger partial charge in [-0.25, -0.2) is 5.43 Å². The van der Waals surface area contributed by atoms with Crippen LogP contribution in [0.2, 0.25) is 0 Å². The highest BCUT2D eigenvalue weighted by molar-refractivity contribution is 9.10. The minimum atomic E-state index is -0.498. The third-order valence-electron chi connectivity index (χ3n) is 2.76. The Morgan fingerprint density at radius 3 is 2.73 bits per heavy atom. The second-order valence-electron chi connectivity index (χ2n) is 4.25.